The van der Waals surface area contributed by atoms with E-state index in [2.05, 4.69) is 5.32 Å². The molecule has 3 aliphatic rings. The molecule has 6 nitrogen and oxygen atoms in total. The molecular weight excluding hydrogens is 284 g/mol. The van der Waals surface area contributed by atoms with E-state index in [9.17, 15) is 4.79 Å². The van der Waals surface area contributed by atoms with Crippen LogP contribution >= 0.6 is 0 Å². The van der Waals surface area contributed by atoms with Crippen LogP contribution in [0.3, 0.4) is 0 Å². The van der Waals surface area contributed by atoms with Crippen LogP contribution in [0.15, 0.2) is 18.2 Å². The van der Waals surface area contributed by atoms with Gasteiger partial charge in [-0.2, -0.15) is 0 Å². The van der Waals surface area contributed by atoms with Crippen molar-refractivity contribution in [3.63, 3.8) is 0 Å². The van der Waals surface area contributed by atoms with Crippen LogP contribution in [0.2, 0.25) is 0 Å². The highest BCUT2D eigenvalue weighted by atomic mass is 16.5. The SMILES string of the molecule is COc1ccc2c(c1)OCCN(C(=O)NC1[C@H]3COC[C@@H]13)C2. The fourth-order valence-electron chi connectivity index (χ4n) is 3.34. The Morgan fingerprint density at radius 3 is 2.95 bits per heavy atom. The molecule has 2 amide bonds. The fraction of sp³-hybridized carbons (Fsp3) is 0.562. The summed E-state index contributed by atoms with van der Waals surface area (Å²) in [6, 6.07) is 6.01. The van der Waals surface area contributed by atoms with E-state index in [0.717, 1.165) is 30.3 Å². The summed E-state index contributed by atoms with van der Waals surface area (Å²) >= 11 is 0. The van der Waals surface area contributed by atoms with Gasteiger partial charge in [-0.3, -0.25) is 0 Å². The number of nitrogens with zero attached hydrogens (tertiary/aromatic N) is 1. The lowest BCUT2D eigenvalue weighted by Crippen LogP contribution is -2.43. The molecule has 1 unspecified atom stereocenters. The van der Waals surface area contributed by atoms with Crippen LogP contribution in [0.5, 0.6) is 11.5 Å². The summed E-state index contributed by atoms with van der Waals surface area (Å²) in [5, 5.41) is 3.13. The van der Waals surface area contributed by atoms with Crippen molar-refractivity contribution < 1.29 is 19.0 Å². The molecule has 2 aliphatic heterocycles. The molecular formula is C16H20N2O4. The molecule has 1 N–H and O–H groups in total. The second-order valence-corrected chi connectivity index (χ2v) is 6.08. The second-order valence-electron chi connectivity index (χ2n) is 6.08. The number of benzene rings is 1. The Morgan fingerprint density at radius 2 is 2.18 bits per heavy atom. The maximum absolute atomic E-state index is 12.5. The van der Waals surface area contributed by atoms with E-state index in [4.69, 9.17) is 14.2 Å². The van der Waals surface area contributed by atoms with Crippen molar-refractivity contribution in [3.05, 3.63) is 23.8 Å². The van der Waals surface area contributed by atoms with Gasteiger partial charge < -0.3 is 24.4 Å². The van der Waals surface area contributed by atoms with E-state index in [1.165, 1.54) is 0 Å². The van der Waals surface area contributed by atoms with Crippen molar-refractivity contribution in [3.8, 4) is 11.5 Å². The third-order valence-corrected chi connectivity index (χ3v) is 4.78. The van der Waals surface area contributed by atoms with Gasteiger partial charge in [0.1, 0.15) is 18.1 Å². The molecule has 4 rings (SSSR count). The van der Waals surface area contributed by atoms with Gasteiger partial charge in [0.2, 0.25) is 0 Å². The molecule has 0 spiro atoms. The van der Waals surface area contributed by atoms with E-state index >= 15 is 0 Å². The van der Waals surface area contributed by atoms with Gasteiger partial charge in [0.25, 0.3) is 0 Å². The number of ether oxygens (including phenoxy) is 3. The second kappa shape index (κ2) is 5.35. The molecule has 22 heavy (non-hydrogen) atoms. The average molecular weight is 304 g/mol. The number of fused-ring (bicyclic) bond motifs is 2. The summed E-state index contributed by atoms with van der Waals surface area (Å²) in [4.78, 5) is 14.3. The minimum Gasteiger partial charge on any atom is -0.497 e. The summed E-state index contributed by atoms with van der Waals surface area (Å²) < 4.78 is 16.3. The molecule has 1 saturated heterocycles. The molecule has 3 atom stereocenters. The number of urea groups is 1. The van der Waals surface area contributed by atoms with Crippen molar-refractivity contribution in [1.29, 1.82) is 0 Å². The molecule has 0 aromatic heterocycles. The number of nitrogens with one attached hydrogen (secondary N) is 1. The number of hydrogen-bond acceptors (Lipinski definition) is 4. The minimum absolute atomic E-state index is 0.00771. The lowest BCUT2D eigenvalue weighted by molar-refractivity contribution is 0.151. The molecule has 1 aromatic rings. The van der Waals surface area contributed by atoms with Gasteiger partial charge in [0, 0.05) is 29.5 Å². The number of rotatable bonds is 2. The smallest absolute Gasteiger partial charge is 0.318 e. The van der Waals surface area contributed by atoms with Crippen molar-refractivity contribution in [2.24, 2.45) is 11.8 Å². The van der Waals surface area contributed by atoms with Crippen molar-refractivity contribution in [2.45, 2.75) is 12.6 Å². The first-order valence-electron chi connectivity index (χ1n) is 7.69. The van der Waals surface area contributed by atoms with E-state index < -0.39 is 0 Å². The average Bonchev–Trinajstić information content (AvgIpc) is 3.02. The maximum Gasteiger partial charge on any atom is 0.318 e. The van der Waals surface area contributed by atoms with Crippen LogP contribution in [-0.4, -0.2) is 50.4 Å². The molecule has 1 saturated carbocycles. The van der Waals surface area contributed by atoms with Gasteiger partial charge in [-0.25, -0.2) is 4.79 Å². The van der Waals surface area contributed by atoms with Gasteiger partial charge in [-0.05, 0) is 12.1 Å². The lowest BCUT2D eigenvalue weighted by atomic mass is 10.2. The van der Waals surface area contributed by atoms with Crippen LogP contribution < -0.4 is 14.8 Å². The first-order chi connectivity index (χ1) is 10.8. The molecule has 0 radical (unpaired) electrons. The standard InChI is InChI=1S/C16H20N2O4/c1-20-11-3-2-10-7-18(4-5-22-14(10)6-11)16(19)17-15-12-8-21-9-13(12)15/h2-3,6,12-13,15H,4-5,7-9H2,1H3,(H,17,19)/t12-,13+,15?. The molecule has 2 fully saturated rings. The summed E-state index contributed by atoms with van der Waals surface area (Å²) in [7, 11) is 1.63. The van der Waals surface area contributed by atoms with Crippen LogP contribution in [0.25, 0.3) is 0 Å². The highest BCUT2D eigenvalue weighted by Gasteiger charge is 2.55. The third kappa shape index (κ3) is 2.37. The van der Waals surface area contributed by atoms with E-state index in [1.807, 2.05) is 23.1 Å². The van der Waals surface area contributed by atoms with Gasteiger partial charge >= 0.3 is 6.03 Å². The topological polar surface area (TPSA) is 60.0 Å². The van der Waals surface area contributed by atoms with Gasteiger partial charge in [-0.15, -0.1) is 0 Å². The Morgan fingerprint density at radius 1 is 1.36 bits per heavy atom. The number of carbonyl (C=O) groups excluding carboxylic acids is 1. The van der Waals surface area contributed by atoms with E-state index in [-0.39, 0.29) is 6.03 Å². The molecule has 1 aliphatic carbocycles. The van der Waals surface area contributed by atoms with Crippen molar-refractivity contribution in [2.75, 3.05) is 33.5 Å². The monoisotopic (exact) mass is 304 g/mol. The number of methoxy groups -OCH3 is 1. The van der Waals surface area contributed by atoms with E-state index in [0.29, 0.717) is 37.6 Å². The van der Waals surface area contributed by atoms with Crippen LogP contribution in [0.1, 0.15) is 5.56 Å². The quantitative estimate of drug-likeness (QED) is 0.893. The highest BCUT2D eigenvalue weighted by molar-refractivity contribution is 5.75. The molecule has 1 aromatic carbocycles. The third-order valence-electron chi connectivity index (χ3n) is 4.78. The summed E-state index contributed by atoms with van der Waals surface area (Å²) in [5.41, 5.74) is 1.01. The zero-order valence-electron chi connectivity index (χ0n) is 12.6. The van der Waals surface area contributed by atoms with Gasteiger partial charge in [-0.1, -0.05) is 0 Å². The Bertz CT molecular complexity index is 582. The normalized spacial score (nSPS) is 29.0. The first kappa shape index (κ1) is 13.7. The predicted molar refractivity (Wildman–Crippen MR) is 79.0 cm³/mol. The zero-order valence-corrected chi connectivity index (χ0v) is 12.6. The highest BCUT2D eigenvalue weighted by Crippen LogP contribution is 2.44. The Balaban J connectivity index is 1.43. The number of carbonyl (C=O) groups is 1. The Kier molecular flexibility index (Phi) is 3.33. The van der Waals surface area contributed by atoms with Crippen molar-refractivity contribution >= 4 is 6.03 Å². The summed E-state index contributed by atoms with van der Waals surface area (Å²) in [6.07, 6.45) is 0. The predicted octanol–water partition coefficient (Wildman–Crippen LogP) is 1.24. The van der Waals surface area contributed by atoms with Gasteiger partial charge in [0.15, 0.2) is 0 Å². The Hall–Kier alpha value is -1.95. The largest absolute Gasteiger partial charge is 0.497 e. The summed E-state index contributed by atoms with van der Waals surface area (Å²) in [5.74, 6) is 2.60. The summed E-state index contributed by atoms with van der Waals surface area (Å²) in [6.45, 7) is 3.20. The molecule has 6 heteroatoms. The first-order valence-corrected chi connectivity index (χ1v) is 7.69. The molecule has 118 valence electrons. The van der Waals surface area contributed by atoms with Crippen LogP contribution in [0.4, 0.5) is 4.79 Å². The fourth-order valence-corrected chi connectivity index (χ4v) is 3.34. The van der Waals surface area contributed by atoms with Crippen LogP contribution in [0, 0.1) is 11.8 Å². The molecule has 0 bridgehead atoms. The molecule has 2 heterocycles. The lowest BCUT2D eigenvalue weighted by Gasteiger charge is -2.21. The number of hydrogen-bond donors (Lipinski definition) is 1. The van der Waals surface area contributed by atoms with Gasteiger partial charge in [0.05, 0.1) is 33.4 Å². The Labute approximate surface area is 129 Å². The number of amides is 2. The minimum atomic E-state index is -0.00771. The zero-order chi connectivity index (χ0) is 15.1. The van der Waals surface area contributed by atoms with Crippen LogP contribution in [-0.2, 0) is 11.3 Å². The maximum atomic E-state index is 12.5. The van der Waals surface area contributed by atoms with E-state index in [1.54, 1.807) is 7.11 Å². The van der Waals surface area contributed by atoms with Crippen molar-refractivity contribution in [1.82, 2.24) is 10.2 Å².